The molecule has 0 aliphatic carbocycles. The molecule has 0 saturated carbocycles. The average molecular weight is 560 g/mol. The monoisotopic (exact) mass is 559 g/mol. The summed E-state index contributed by atoms with van der Waals surface area (Å²) >= 11 is 6.24. The summed E-state index contributed by atoms with van der Waals surface area (Å²) in [7, 11) is 0. The predicted molar refractivity (Wildman–Crippen MR) is 142 cm³/mol. The van der Waals surface area contributed by atoms with Crippen LogP contribution in [0.1, 0.15) is 37.3 Å². The zero-order valence-electron chi connectivity index (χ0n) is 21.1. The number of fused-ring (bicyclic) bond motifs is 1. The van der Waals surface area contributed by atoms with Crippen molar-refractivity contribution >= 4 is 34.2 Å². The van der Waals surface area contributed by atoms with Gasteiger partial charge in [-0.05, 0) is 48.7 Å². The standard InChI is InChI=1S/C29H26ClF4N3O2/c1-2-26(38)39-22-5-4-14-36(17-22)21-12-9-18(10-13-21)28-23-6-3-7-24(29(32,33)34)27(23)35-37(28)16-19-8-11-20(31)15-25(19)30/h3,6-13,15,22H,2,4-5,14,16-17H2,1H3/t22-/m1/s1. The third-order valence-corrected chi connectivity index (χ3v) is 7.23. The maximum atomic E-state index is 13.8. The van der Waals surface area contributed by atoms with Gasteiger partial charge in [-0.25, -0.2) is 4.39 Å². The summed E-state index contributed by atoms with van der Waals surface area (Å²) < 4.78 is 62.2. The second kappa shape index (κ2) is 10.9. The fourth-order valence-electron chi connectivity index (χ4n) is 4.98. The van der Waals surface area contributed by atoms with Gasteiger partial charge >= 0.3 is 12.1 Å². The Bertz CT molecular complexity index is 1500. The fraction of sp³-hybridized carbons (Fsp3) is 0.310. The van der Waals surface area contributed by atoms with E-state index in [1.165, 1.54) is 28.9 Å². The molecule has 3 aromatic carbocycles. The fourth-order valence-corrected chi connectivity index (χ4v) is 5.21. The maximum Gasteiger partial charge on any atom is 0.418 e. The van der Waals surface area contributed by atoms with Crippen LogP contribution in [0.4, 0.5) is 23.2 Å². The predicted octanol–water partition coefficient (Wildman–Crippen LogP) is 7.48. The van der Waals surface area contributed by atoms with Gasteiger partial charge in [-0.3, -0.25) is 9.48 Å². The van der Waals surface area contributed by atoms with E-state index >= 15 is 0 Å². The zero-order valence-corrected chi connectivity index (χ0v) is 21.9. The largest absolute Gasteiger partial charge is 0.460 e. The number of ether oxygens (including phenoxy) is 1. The van der Waals surface area contributed by atoms with Gasteiger partial charge in [0.2, 0.25) is 0 Å². The molecular formula is C29H26ClF4N3O2. The van der Waals surface area contributed by atoms with Gasteiger partial charge in [-0.1, -0.05) is 48.9 Å². The summed E-state index contributed by atoms with van der Waals surface area (Å²) in [5.74, 6) is -0.731. The summed E-state index contributed by atoms with van der Waals surface area (Å²) in [6, 6.07) is 15.4. The molecule has 5 rings (SSSR count). The molecule has 1 atom stereocenters. The van der Waals surface area contributed by atoms with E-state index in [2.05, 4.69) is 10.00 Å². The molecule has 5 nitrogen and oxygen atoms in total. The molecule has 204 valence electrons. The molecule has 1 aliphatic heterocycles. The van der Waals surface area contributed by atoms with E-state index in [4.69, 9.17) is 16.3 Å². The number of alkyl halides is 3. The number of carbonyl (C=O) groups excluding carboxylic acids is 1. The van der Waals surface area contributed by atoms with Crippen molar-refractivity contribution in [1.82, 2.24) is 9.78 Å². The lowest BCUT2D eigenvalue weighted by molar-refractivity contribution is -0.149. The van der Waals surface area contributed by atoms with Gasteiger partial charge in [-0.2, -0.15) is 18.3 Å². The van der Waals surface area contributed by atoms with Crippen molar-refractivity contribution in [3.8, 4) is 11.3 Å². The highest BCUT2D eigenvalue weighted by Gasteiger charge is 2.34. The van der Waals surface area contributed by atoms with Crippen LogP contribution in [-0.4, -0.2) is 34.9 Å². The van der Waals surface area contributed by atoms with Crippen molar-refractivity contribution in [2.45, 2.75) is 45.0 Å². The van der Waals surface area contributed by atoms with Crippen LogP contribution in [0.15, 0.2) is 60.7 Å². The molecule has 0 bridgehead atoms. The first-order valence-corrected chi connectivity index (χ1v) is 13.1. The van der Waals surface area contributed by atoms with E-state index in [1.807, 2.05) is 24.3 Å². The number of rotatable bonds is 6. The van der Waals surface area contributed by atoms with Crippen LogP contribution < -0.4 is 4.90 Å². The smallest absolute Gasteiger partial charge is 0.418 e. The minimum Gasteiger partial charge on any atom is -0.460 e. The Labute approximate surface area is 227 Å². The number of carbonyl (C=O) groups is 1. The lowest BCUT2D eigenvalue weighted by atomic mass is 10.0. The first-order valence-electron chi connectivity index (χ1n) is 12.7. The zero-order chi connectivity index (χ0) is 27.7. The summed E-state index contributed by atoms with van der Waals surface area (Å²) in [6.45, 7) is 3.19. The van der Waals surface area contributed by atoms with Gasteiger partial charge in [0.25, 0.3) is 0 Å². The molecule has 1 saturated heterocycles. The number of nitrogens with zero attached hydrogens (tertiary/aromatic N) is 3. The molecule has 0 radical (unpaired) electrons. The molecule has 1 fully saturated rings. The number of hydrogen-bond acceptors (Lipinski definition) is 4. The number of benzene rings is 3. The van der Waals surface area contributed by atoms with Crippen LogP contribution in [0.5, 0.6) is 0 Å². The Morgan fingerprint density at radius 1 is 1.13 bits per heavy atom. The quantitative estimate of drug-likeness (QED) is 0.181. The van der Waals surface area contributed by atoms with Crippen molar-refractivity contribution in [3.63, 3.8) is 0 Å². The highest BCUT2D eigenvalue weighted by Crippen LogP contribution is 2.39. The molecule has 0 spiro atoms. The Morgan fingerprint density at radius 3 is 2.59 bits per heavy atom. The lowest BCUT2D eigenvalue weighted by Gasteiger charge is -2.34. The number of esters is 1. The van der Waals surface area contributed by atoms with Crippen LogP contribution in [0.25, 0.3) is 22.2 Å². The number of aromatic nitrogens is 2. The molecule has 2 heterocycles. The molecule has 0 unspecified atom stereocenters. The third kappa shape index (κ3) is 5.73. The molecular weight excluding hydrogens is 534 g/mol. The molecule has 0 amide bonds. The molecule has 10 heteroatoms. The molecule has 4 aromatic rings. The molecule has 1 aliphatic rings. The van der Waals surface area contributed by atoms with E-state index in [0.29, 0.717) is 35.2 Å². The second-order valence-corrected chi connectivity index (χ2v) is 9.95. The first kappa shape index (κ1) is 27.0. The lowest BCUT2D eigenvalue weighted by Crippen LogP contribution is -2.40. The summed E-state index contributed by atoms with van der Waals surface area (Å²) in [5, 5.41) is 4.87. The van der Waals surface area contributed by atoms with E-state index in [-0.39, 0.29) is 29.2 Å². The summed E-state index contributed by atoms with van der Waals surface area (Å²) in [4.78, 5) is 13.9. The normalized spacial score (nSPS) is 16.1. The molecule has 0 N–H and O–H groups in total. The van der Waals surface area contributed by atoms with Gasteiger partial charge in [0.05, 0.1) is 24.3 Å². The SMILES string of the molecule is CCC(=O)O[C@@H]1CCCN(c2ccc(-c3c4cccc(C(F)(F)F)c4nn3Cc3ccc(F)cc3Cl)cc2)C1. The topological polar surface area (TPSA) is 47.4 Å². The van der Waals surface area contributed by atoms with E-state index < -0.39 is 17.6 Å². The van der Waals surface area contributed by atoms with Crippen LogP contribution in [0.3, 0.4) is 0 Å². The van der Waals surface area contributed by atoms with Crippen molar-refractivity contribution < 1.29 is 27.1 Å². The number of anilines is 1. The van der Waals surface area contributed by atoms with Crippen molar-refractivity contribution in [3.05, 3.63) is 82.6 Å². The van der Waals surface area contributed by atoms with E-state index in [9.17, 15) is 22.4 Å². The Morgan fingerprint density at radius 2 is 1.90 bits per heavy atom. The minimum atomic E-state index is -4.58. The Kier molecular flexibility index (Phi) is 7.53. The first-order chi connectivity index (χ1) is 18.6. The minimum absolute atomic E-state index is 0.0543. The average Bonchev–Trinajstić information content (AvgIpc) is 3.27. The molecule has 39 heavy (non-hydrogen) atoms. The van der Waals surface area contributed by atoms with E-state index in [1.54, 1.807) is 13.0 Å². The van der Waals surface area contributed by atoms with Gasteiger partial charge in [-0.15, -0.1) is 0 Å². The number of piperidine rings is 1. The van der Waals surface area contributed by atoms with Gasteiger partial charge in [0, 0.05) is 34.6 Å². The van der Waals surface area contributed by atoms with Crippen LogP contribution in [0, 0.1) is 5.82 Å². The summed E-state index contributed by atoms with van der Waals surface area (Å²) in [5.41, 5.74) is 1.62. The van der Waals surface area contributed by atoms with Gasteiger partial charge < -0.3 is 9.64 Å². The van der Waals surface area contributed by atoms with Gasteiger partial charge in [0.15, 0.2) is 0 Å². The van der Waals surface area contributed by atoms with E-state index in [0.717, 1.165) is 31.1 Å². The Balaban J connectivity index is 1.53. The van der Waals surface area contributed by atoms with Crippen molar-refractivity contribution in [2.24, 2.45) is 0 Å². The highest BCUT2D eigenvalue weighted by molar-refractivity contribution is 6.31. The second-order valence-electron chi connectivity index (χ2n) is 9.54. The van der Waals surface area contributed by atoms with Crippen molar-refractivity contribution in [1.29, 1.82) is 0 Å². The molecule has 1 aromatic heterocycles. The summed E-state index contributed by atoms with van der Waals surface area (Å²) in [6.07, 6.45) is -2.76. The number of halogens is 5. The Hall–Kier alpha value is -3.59. The van der Waals surface area contributed by atoms with Gasteiger partial charge in [0.1, 0.15) is 17.4 Å². The highest BCUT2D eigenvalue weighted by atomic mass is 35.5. The third-order valence-electron chi connectivity index (χ3n) is 6.88. The van der Waals surface area contributed by atoms with Crippen molar-refractivity contribution in [2.75, 3.05) is 18.0 Å². The van der Waals surface area contributed by atoms with Crippen LogP contribution in [-0.2, 0) is 22.3 Å². The van der Waals surface area contributed by atoms with Crippen LogP contribution in [0.2, 0.25) is 5.02 Å². The number of hydrogen-bond donors (Lipinski definition) is 0. The maximum absolute atomic E-state index is 13.8. The van der Waals surface area contributed by atoms with Crippen LogP contribution >= 0.6 is 11.6 Å².